The SMILES string of the molecule is CC1CC(C)C2c3ccc4ccccc4c3C=CC2C1F. The van der Waals surface area contributed by atoms with Crippen molar-refractivity contribution in [3.8, 4) is 0 Å². The first-order chi connectivity index (χ1) is 10.2. The molecule has 0 spiro atoms. The molecule has 21 heavy (non-hydrogen) atoms. The fourth-order valence-corrected chi connectivity index (χ4v) is 4.56. The van der Waals surface area contributed by atoms with E-state index in [0.29, 0.717) is 11.8 Å². The first-order valence-corrected chi connectivity index (χ1v) is 8.00. The van der Waals surface area contributed by atoms with Gasteiger partial charge in [-0.05, 0) is 46.1 Å². The summed E-state index contributed by atoms with van der Waals surface area (Å²) in [5.74, 6) is 1.10. The lowest BCUT2D eigenvalue weighted by atomic mass is 9.62. The predicted molar refractivity (Wildman–Crippen MR) is 87.1 cm³/mol. The van der Waals surface area contributed by atoms with Crippen LogP contribution < -0.4 is 0 Å². The van der Waals surface area contributed by atoms with Gasteiger partial charge in [0.05, 0.1) is 0 Å². The zero-order valence-corrected chi connectivity index (χ0v) is 12.6. The van der Waals surface area contributed by atoms with Crippen LogP contribution in [-0.4, -0.2) is 6.17 Å². The van der Waals surface area contributed by atoms with Crippen LogP contribution in [-0.2, 0) is 0 Å². The quantitative estimate of drug-likeness (QED) is 0.591. The van der Waals surface area contributed by atoms with Crippen molar-refractivity contribution < 1.29 is 4.39 Å². The number of benzene rings is 2. The van der Waals surface area contributed by atoms with Gasteiger partial charge in [0.1, 0.15) is 6.17 Å². The second-order valence-corrected chi connectivity index (χ2v) is 6.89. The molecule has 0 nitrogen and oxygen atoms in total. The topological polar surface area (TPSA) is 0 Å². The van der Waals surface area contributed by atoms with Gasteiger partial charge in [-0.1, -0.05) is 62.4 Å². The van der Waals surface area contributed by atoms with Gasteiger partial charge in [-0.2, -0.15) is 0 Å². The second-order valence-electron chi connectivity index (χ2n) is 6.89. The first-order valence-electron chi connectivity index (χ1n) is 8.00. The van der Waals surface area contributed by atoms with Crippen LogP contribution in [0.5, 0.6) is 0 Å². The molecule has 5 unspecified atom stereocenters. The van der Waals surface area contributed by atoms with E-state index in [0.717, 1.165) is 6.42 Å². The van der Waals surface area contributed by atoms with Crippen molar-refractivity contribution in [3.63, 3.8) is 0 Å². The Labute approximate surface area is 125 Å². The maximum Gasteiger partial charge on any atom is 0.109 e. The molecule has 2 aromatic rings. The summed E-state index contributed by atoms with van der Waals surface area (Å²) in [6.07, 6.45) is 4.58. The van der Waals surface area contributed by atoms with E-state index in [2.05, 4.69) is 62.4 Å². The highest BCUT2D eigenvalue weighted by Gasteiger charge is 2.43. The van der Waals surface area contributed by atoms with Gasteiger partial charge in [-0.15, -0.1) is 0 Å². The van der Waals surface area contributed by atoms with Gasteiger partial charge >= 0.3 is 0 Å². The second kappa shape index (κ2) is 4.69. The number of rotatable bonds is 0. The average Bonchev–Trinajstić information content (AvgIpc) is 2.51. The molecule has 2 aromatic carbocycles. The molecule has 0 aliphatic heterocycles. The summed E-state index contributed by atoms with van der Waals surface area (Å²) in [6.45, 7) is 4.35. The Balaban J connectivity index is 1.91. The molecule has 5 atom stereocenters. The van der Waals surface area contributed by atoms with E-state index in [-0.39, 0.29) is 11.8 Å². The van der Waals surface area contributed by atoms with E-state index < -0.39 is 6.17 Å². The summed E-state index contributed by atoms with van der Waals surface area (Å²) in [7, 11) is 0. The zero-order chi connectivity index (χ0) is 14.6. The fourth-order valence-electron chi connectivity index (χ4n) is 4.56. The van der Waals surface area contributed by atoms with Crippen molar-refractivity contribution in [1.82, 2.24) is 0 Å². The summed E-state index contributed by atoms with van der Waals surface area (Å²) in [6, 6.07) is 12.9. The van der Waals surface area contributed by atoms with Crippen molar-refractivity contribution in [1.29, 1.82) is 0 Å². The molecule has 0 amide bonds. The minimum Gasteiger partial charge on any atom is -0.247 e. The Morgan fingerprint density at radius 3 is 2.67 bits per heavy atom. The normalized spacial score (nSPS) is 34.5. The highest BCUT2D eigenvalue weighted by atomic mass is 19.1. The third-order valence-corrected chi connectivity index (χ3v) is 5.53. The molecule has 0 radical (unpaired) electrons. The third kappa shape index (κ3) is 1.87. The molecule has 1 heteroatoms. The van der Waals surface area contributed by atoms with E-state index in [4.69, 9.17) is 0 Å². The Morgan fingerprint density at radius 1 is 1.00 bits per heavy atom. The average molecular weight is 280 g/mol. The number of fused-ring (bicyclic) bond motifs is 5. The summed E-state index contributed by atoms with van der Waals surface area (Å²) < 4.78 is 14.6. The number of allylic oxidation sites excluding steroid dienone is 1. The Hall–Kier alpha value is -1.63. The maximum absolute atomic E-state index is 14.6. The van der Waals surface area contributed by atoms with Gasteiger partial charge in [0, 0.05) is 5.92 Å². The molecule has 2 aliphatic carbocycles. The summed E-state index contributed by atoms with van der Waals surface area (Å²) in [4.78, 5) is 0. The molecule has 2 aliphatic rings. The fraction of sp³-hybridized carbons (Fsp3) is 0.400. The molecule has 0 aromatic heterocycles. The molecule has 0 N–H and O–H groups in total. The van der Waals surface area contributed by atoms with Crippen LogP contribution in [0.1, 0.15) is 37.3 Å². The Kier molecular flexibility index (Phi) is 2.92. The lowest BCUT2D eigenvalue weighted by Crippen LogP contribution is -2.38. The minimum absolute atomic E-state index is 0.0532. The standard InChI is InChI=1S/C20H21F/c1-12-11-13(2)20(21)18-10-9-16-15-6-4-3-5-14(15)7-8-17(16)19(12)18/h3-10,12-13,18-20H,11H2,1-2H3. The van der Waals surface area contributed by atoms with Crippen molar-refractivity contribution in [2.75, 3.05) is 0 Å². The Morgan fingerprint density at radius 2 is 1.81 bits per heavy atom. The first kappa shape index (κ1) is 13.1. The number of halogens is 1. The van der Waals surface area contributed by atoms with Gasteiger partial charge in [-0.3, -0.25) is 0 Å². The van der Waals surface area contributed by atoms with Crippen molar-refractivity contribution >= 4 is 16.8 Å². The lowest BCUT2D eigenvalue weighted by molar-refractivity contribution is 0.0824. The van der Waals surface area contributed by atoms with Gasteiger partial charge < -0.3 is 0 Å². The molecular formula is C20H21F. The van der Waals surface area contributed by atoms with Crippen molar-refractivity contribution in [3.05, 3.63) is 53.6 Å². The molecule has 4 rings (SSSR count). The molecule has 0 bridgehead atoms. The highest BCUT2D eigenvalue weighted by Crippen LogP contribution is 2.50. The molecular weight excluding hydrogens is 259 g/mol. The maximum atomic E-state index is 14.6. The summed E-state index contributed by atoms with van der Waals surface area (Å²) >= 11 is 0. The van der Waals surface area contributed by atoms with E-state index >= 15 is 0 Å². The number of alkyl halides is 1. The van der Waals surface area contributed by atoms with E-state index in [1.807, 2.05) is 0 Å². The minimum atomic E-state index is -0.706. The summed E-state index contributed by atoms with van der Waals surface area (Å²) in [5.41, 5.74) is 2.66. The monoisotopic (exact) mass is 280 g/mol. The van der Waals surface area contributed by atoms with E-state index in [9.17, 15) is 4.39 Å². The van der Waals surface area contributed by atoms with Gasteiger partial charge in [0.25, 0.3) is 0 Å². The molecule has 1 fully saturated rings. The van der Waals surface area contributed by atoms with Gasteiger partial charge in [0.15, 0.2) is 0 Å². The van der Waals surface area contributed by atoms with Gasteiger partial charge in [-0.25, -0.2) is 4.39 Å². The third-order valence-electron chi connectivity index (χ3n) is 5.53. The van der Waals surface area contributed by atoms with Crippen LogP contribution in [0.4, 0.5) is 4.39 Å². The molecule has 0 heterocycles. The largest absolute Gasteiger partial charge is 0.247 e. The predicted octanol–water partition coefficient (Wildman–Crippen LogP) is 5.58. The summed E-state index contributed by atoms with van der Waals surface area (Å²) in [5, 5.41) is 2.57. The molecule has 0 saturated heterocycles. The van der Waals surface area contributed by atoms with Crippen LogP contribution >= 0.6 is 0 Å². The zero-order valence-electron chi connectivity index (χ0n) is 12.6. The molecule has 108 valence electrons. The van der Waals surface area contributed by atoms with Crippen LogP contribution in [0.15, 0.2) is 42.5 Å². The number of hydrogen-bond donors (Lipinski definition) is 0. The van der Waals surface area contributed by atoms with Crippen LogP contribution in [0.3, 0.4) is 0 Å². The van der Waals surface area contributed by atoms with E-state index in [1.165, 1.54) is 21.9 Å². The highest BCUT2D eigenvalue weighted by molar-refractivity contribution is 5.92. The van der Waals surface area contributed by atoms with Crippen LogP contribution in [0.2, 0.25) is 0 Å². The van der Waals surface area contributed by atoms with Crippen LogP contribution in [0.25, 0.3) is 16.8 Å². The van der Waals surface area contributed by atoms with Crippen LogP contribution in [0, 0.1) is 17.8 Å². The Bertz CT molecular complexity index is 715. The smallest absolute Gasteiger partial charge is 0.109 e. The lowest BCUT2D eigenvalue weighted by Gasteiger charge is -2.43. The van der Waals surface area contributed by atoms with Crippen molar-refractivity contribution in [2.45, 2.75) is 32.4 Å². The van der Waals surface area contributed by atoms with Crippen molar-refractivity contribution in [2.24, 2.45) is 17.8 Å². The molecule has 1 saturated carbocycles. The van der Waals surface area contributed by atoms with E-state index in [1.54, 1.807) is 0 Å². The number of hydrogen-bond acceptors (Lipinski definition) is 0. The van der Waals surface area contributed by atoms with Gasteiger partial charge in [0.2, 0.25) is 0 Å².